The van der Waals surface area contributed by atoms with E-state index in [9.17, 15) is 14.4 Å². The van der Waals surface area contributed by atoms with Crippen molar-refractivity contribution in [3.05, 3.63) is 53.1 Å². The minimum absolute atomic E-state index is 0.0787. The summed E-state index contributed by atoms with van der Waals surface area (Å²) in [6.07, 6.45) is 3.41. The lowest BCUT2D eigenvalue weighted by atomic mass is 10.2. The van der Waals surface area contributed by atoms with Gasteiger partial charge in [-0.2, -0.15) is 5.10 Å². The Hall–Kier alpha value is -3.63. The SMILES string of the molecule is COc1ccc(NC(=O)C(=O)N/N=C\c2ccc(OCC(=O)NC[C@@H]3CCCO3)cc2)cc1Cl. The number of anilines is 1. The molecule has 0 spiro atoms. The van der Waals surface area contributed by atoms with Gasteiger partial charge in [0.25, 0.3) is 5.91 Å². The van der Waals surface area contributed by atoms with Crippen molar-refractivity contribution in [1.29, 1.82) is 0 Å². The Morgan fingerprint density at radius 2 is 1.97 bits per heavy atom. The fourth-order valence-corrected chi connectivity index (χ4v) is 3.29. The Labute approximate surface area is 201 Å². The van der Waals surface area contributed by atoms with Gasteiger partial charge in [0.2, 0.25) is 0 Å². The Morgan fingerprint density at radius 3 is 2.65 bits per heavy atom. The molecule has 0 saturated carbocycles. The molecule has 0 aromatic heterocycles. The van der Waals surface area contributed by atoms with Gasteiger partial charge in [0.15, 0.2) is 6.61 Å². The number of rotatable bonds is 9. The van der Waals surface area contributed by atoms with E-state index in [1.165, 1.54) is 19.4 Å². The van der Waals surface area contributed by atoms with Crippen molar-refractivity contribution in [2.24, 2.45) is 5.10 Å². The number of benzene rings is 2. The Bertz CT molecular complexity index is 1040. The number of halogens is 1. The van der Waals surface area contributed by atoms with Crippen LogP contribution in [0.25, 0.3) is 0 Å². The fraction of sp³-hybridized carbons (Fsp3) is 0.304. The molecule has 3 amide bonds. The number of hydrazone groups is 1. The second kappa shape index (κ2) is 12.6. The molecule has 2 aromatic carbocycles. The predicted octanol–water partition coefficient (Wildman–Crippen LogP) is 2.11. The molecular formula is C23H25ClN4O6. The first kappa shape index (κ1) is 25.0. The minimum atomic E-state index is -0.947. The van der Waals surface area contributed by atoms with Gasteiger partial charge in [0, 0.05) is 18.8 Å². The van der Waals surface area contributed by atoms with Crippen LogP contribution in [0.15, 0.2) is 47.6 Å². The highest BCUT2D eigenvalue weighted by Gasteiger charge is 2.16. The van der Waals surface area contributed by atoms with E-state index in [-0.39, 0.29) is 18.6 Å². The summed E-state index contributed by atoms with van der Waals surface area (Å²) in [7, 11) is 1.47. The first-order valence-electron chi connectivity index (χ1n) is 10.5. The van der Waals surface area contributed by atoms with E-state index >= 15 is 0 Å². The molecule has 0 aliphatic carbocycles. The summed E-state index contributed by atoms with van der Waals surface area (Å²) in [6, 6.07) is 11.3. The van der Waals surface area contributed by atoms with Crippen LogP contribution >= 0.6 is 11.6 Å². The number of methoxy groups -OCH3 is 1. The molecule has 34 heavy (non-hydrogen) atoms. The molecule has 0 radical (unpaired) electrons. The van der Waals surface area contributed by atoms with Gasteiger partial charge >= 0.3 is 11.8 Å². The first-order valence-corrected chi connectivity index (χ1v) is 10.9. The van der Waals surface area contributed by atoms with Crippen LogP contribution in [0, 0.1) is 0 Å². The van der Waals surface area contributed by atoms with Crippen LogP contribution in [0.1, 0.15) is 18.4 Å². The predicted molar refractivity (Wildman–Crippen MR) is 126 cm³/mol. The zero-order valence-corrected chi connectivity index (χ0v) is 19.3. The van der Waals surface area contributed by atoms with Gasteiger partial charge in [-0.05, 0) is 60.9 Å². The van der Waals surface area contributed by atoms with Crippen molar-refractivity contribution in [3.8, 4) is 11.5 Å². The van der Waals surface area contributed by atoms with Crippen LogP contribution in [-0.4, -0.2) is 56.9 Å². The molecule has 180 valence electrons. The van der Waals surface area contributed by atoms with Crippen molar-refractivity contribution in [2.45, 2.75) is 18.9 Å². The molecule has 3 N–H and O–H groups in total. The van der Waals surface area contributed by atoms with Crippen molar-refractivity contribution < 1.29 is 28.6 Å². The van der Waals surface area contributed by atoms with Crippen LogP contribution in [-0.2, 0) is 19.1 Å². The highest BCUT2D eigenvalue weighted by molar-refractivity contribution is 6.40. The summed E-state index contributed by atoms with van der Waals surface area (Å²) < 4.78 is 15.9. The number of amides is 3. The summed E-state index contributed by atoms with van der Waals surface area (Å²) in [4.78, 5) is 35.8. The van der Waals surface area contributed by atoms with Gasteiger partial charge < -0.3 is 24.8 Å². The number of nitrogens with one attached hydrogen (secondary N) is 3. The Kier molecular flexibility index (Phi) is 9.24. The molecular weight excluding hydrogens is 464 g/mol. The number of carbonyl (C=O) groups is 3. The smallest absolute Gasteiger partial charge is 0.329 e. The third-order valence-corrected chi connectivity index (χ3v) is 5.09. The monoisotopic (exact) mass is 488 g/mol. The van der Waals surface area contributed by atoms with Gasteiger partial charge in [0.1, 0.15) is 11.5 Å². The molecule has 1 heterocycles. The molecule has 2 aromatic rings. The highest BCUT2D eigenvalue weighted by Crippen LogP contribution is 2.27. The molecule has 0 unspecified atom stereocenters. The van der Waals surface area contributed by atoms with Crippen molar-refractivity contribution in [3.63, 3.8) is 0 Å². The van der Waals surface area contributed by atoms with Gasteiger partial charge in [-0.3, -0.25) is 14.4 Å². The molecule has 1 atom stereocenters. The summed E-state index contributed by atoms with van der Waals surface area (Å²) in [5.41, 5.74) is 3.14. The van der Waals surface area contributed by atoms with E-state index in [4.69, 9.17) is 25.8 Å². The van der Waals surface area contributed by atoms with Gasteiger partial charge in [0.05, 0.1) is 24.5 Å². The van der Waals surface area contributed by atoms with E-state index in [0.29, 0.717) is 34.3 Å². The third-order valence-electron chi connectivity index (χ3n) is 4.80. The Balaban J connectivity index is 1.39. The maximum absolute atomic E-state index is 12.0. The lowest BCUT2D eigenvalue weighted by Crippen LogP contribution is -2.35. The average molecular weight is 489 g/mol. The van der Waals surface area contributed by atoms with Crippen LogP contribution in [0.4, 0.5) is 5.69 Å². The lowest BCUT2D eigenvalue weighted by Gasteiger charge is -2.11. The van der Waals surface area contributed by atoms with Crippen LogP contribution in [0.2, 0.25) is 5.02 Å². The lowest BCUT2D eigenvalue weighted by molar-refractivity contribution is -0.136. The highest BCUT2D eigenvalue weighted by atomic mass is 35.5. The summed E-state index contributed by atoms with van der Waals surface area (Å²) >= 11 is 6.00. The van der Waals surface area contributed by atoms with E-state index < -0.39 is 11.8 Å². The van der Waals surface area contributed by atoms with Crippen molar-refractivity contribution >= 4 is 41.2 Å². The summed E-state index contributed by atoms with van der Waals surface area (Å²) in [6.45, 7) is 1.11. The molecule has 1 aliphatic rings. The molecule has 10 nitrogen and oxygen atoms in total. The summed E-state index contributed by atoms with van der Waals surface area (Å²) in [5.74, 6) is -1.12. The number of carbonyl (C=O) groups excluding carboxylic acids is 3. The Morgan fingerprint density at radius 1 is 1.18 bits per heavy atom. The number of ether oxygens (including phenoxy) is 3. The normalized spacial score (nSPS) is 15.1. The molecule has 3 rings (SSSR count). The van der Waals surface area contributed by atoms with Crippen LogP contribution in [0.3, 0.4) is 0 Å². The molecule has 0 bridgehead atoms. The fourth-order valence-electron chi connectivity index (χ4n) is 3.03. The van der Waals surface area contributed by atoms with Crippen molar-refractivity contribution in [1.82, 2.24) is 10.7 Å². The molecule has 1 saturated heterocycles. The van der Waals surface area contributed by atoms with E-state index in [1.54, 1.807) is 36.4 Å². The maximum atomic E-state index is 12.0. The van der Waals surface area contributed by atoms with E-state index in [1.807, 2.05) is 0 Å². The second-order valence-electron chi connectivity index (χ2n) is 7.30. The molecule has 11 heteroatoms. The van der Waals surface area contributed by atoms with E-state index in [0.717, 1.165) is 19.4 Å². The van der Waals surface area contributed by atoms with Gasteiger partial charge in [-0.25, -0.2) is 5.43 Å². The quantitative estimate of drug-likeness (QED) is 0.282. The molecule has 1 fully saturated rings. The maximum Gasteiger partial charge on any atom is 0.329 e. The van der Waals surface area contributed by atoms with Gasteiger partial charge in [-0.15, -0.1) is 0 Å². The topological polar surface area (TPSA) is 127 Å². The average Bonchev–Trinajstić information content (AvgIpc) is 3.36. The standard InChI is InChI=1S/C23H25ClN4O6/c1-32-20-9-6-16(11-19(20)24)27-22(30)23(31)28-26-12-15-4-7-17(8-5-15)34-14-21(29)25-13-18-3-2-10-33-18/h4-9,11-12,18H,2-3,10,13-14H2,1H3,(H,25,29)(H,27,30)(H,28,31)/b26-12-/t18-/m0/s1. The number of hydrogen-bond acceptors (Lipinski definition) is 7. The largest absolute Gasteiger partial charge is 0.495 e. The zero-order valence-electron chi connectivity index (χ0n) is 18.5. The third kappa shape index (κ3) is 7.75. The van der Waals surface area contributed by atoms with Crippen LogP contribution in [0.5, 0.6) is 11.5 Å². The minimum Gasteiger partial charge on any atom is -0.495 e. The van der Waals surface area contributed by atoms with Gasteiger partial charge in [-0.1, -0.05) is 11.6 Å². The van der Waals surface area contributed by atoms with Crippen molar-refractivity contribution in [2.75, 3.05) is 32.2 Å². The second-order valence-corrected chi connectivity index (χ2v) is 7.71. The van der Waals surface area contributed by atoms with Crippen LogP contribution < -0.4 is 25.5 Å². The van der Waals surface area contributed by atoms with E-state index in [2.05, 4.69) is 21.2 Å². The number of hydrogen-bond donors (Lipinski definition) is 3. The first-order chi connectivity index (χ1) is 16.4. The number of nitrogens with zero attached hydrogens (tertiary/aromatic N) is 1. The molecule has 1 aliphatic heterocycles. The summed E-state index contributed by atoms with van der Waals surface area (Å²) in [5, 5.41) is 9.26. The zero-order chi connectivity index (χ0) is 24.3.